The van der Waals surface area contributed by atoms with Crippen molar-refractivity contribution in [3.05, 3.63) is 5.92 Å². The summed E-state index contributed by atoms with van der Waals surface area (Å²) in [5, 5.41) is 18.7. The number of carbonyl (C=O) groups excluding carboxylic acids is 1. The van der Waals surface area contributed by atoms with E-state index in [1.807, 2.05) is 13.8 Å². The third-order valence-electron chi connectivity index (χ3n) is 2.71. The second kappa shape index (κ2) is 8.45. The monoisotopic (exact) mass is 416 g/mol. The second-order valence-corrected chi connectivity index (χ2v) is 4.72. The van der Waals surface area contributed by atoms with Crippen LogP contribution in [0.3, 0.4) is 0 Å². The third kappa shape index (κ3) is 8.51. The molecule has 0 saturated heterocycles. The van der Waals surface area contributed by atoms with E-state index in [0.29, 0.717) is 5.92 Å². The molecule has 0 aromatic heterocycles. The van der Waals surface area contributed by atoms with E-state index in [1.54, 1.807) is 0 Å². The first-order valence-electron chi connectivity index (χ1n) is 5.51. The van der Waals surface area contributed by atoms with Crippen LogP contribution in [-0.2, 0) is 32.5 Å². The van der Waals surface area contributed by atoms with Crippen LogP contribution in [0.5, 0.6) is 0 Å². The van der Waals surface area contributed by atoms with E-state index in [1.165, 1.54) is 25.2 Å². The molecule has 0 unspecified atom stereocenters. The van der Waals surface area contributed by atoms with Crippen molar-refractivity contribution in [2.75, 3.05) is 0 Å². The van der Waals surface area contributed by atoms with Gasteiger partial charge in [0.15, 0.2) is 0 Å². The van der Waals surface area contributed by atoms with E-state index in [9.17, 15) is 5.11 Å². The maximum Gasteiger partial charge on any atom is 1.00 e. The minimum atomic E-state index is -1.08. The van der Waals surface area contributed by atoms with Crippen molar-refractivity contribution in [2.45, 2.75) is 59.0 Å². The molecule has 1 aliphatic carbocycles. The van der Waals surface area contributed by atoms with Gasteiger partial charge in [0.05, 0.1) is 5.60 Å². The Morgan fingerprint density at radius 2 is 1.88 bits per heavy atom. The van der Waals surface area contributed by atoms with Crippen LogP contribution in [0.15, 0.2) is 0 Å². The fourth-order valence-corrected chi connectivity index (χ4v) is 2.10. The van der Waals surface area contributed by atoms with Crippen molar-refractivity contribution >= 4 is 5.97 Å². The standard InChI is InChI=1S/C10H19O.C2H4O2.Hg/c1-8-6-4-5-7-9(8)10(2,3)11;1-2(3)4;/h8,11H,4-7H2,1-3H3;1H3,(H,3,4);/q;;+1/p-1/t8-;;/m1../s1. The molecular formula is C12H22HgO3. The first kappa shape index (κ1) is 18.7. The Kier molecular flexibility index (Phi) is 9.89. The minimum Gasteiger partial charge on any atom is -0.550 e. The van der Waals surface area contributed by atoms with Gasteiger partial charge in [-0.25, -0.2) is 0 Å². The zero-order valence-electron chi connectivity index (χ0n) is 10.9. The quantitative estimate of drug-likeness (QED) is 0.658. The zero-order chi connectivity index (χ0) is 12.1. The van der Waals surface area contributed by atoms with Gasteiger partial charge in [0.25, 0.3) is 0 Å². The van der Waals surface area contributed by atoms with Gasteiger partial charge >= 0.3 is 27.7 Å². The van der Waals surface area contributed by atoms with Crippen LogP contribution >= 0.6 is 0 Å². The Bertz CT molecular complexity index is 195. The summed E-state index contributed by atoms with van der Waals surface area (Å²) < 4.78 is 0. The van der Waals surface area contributed by atoms with E-state index in [-0.39, 0.29) is 27.7 Å². The molecule has 2 radical (unpaired) electrons. The van der Waals surface area contributed by atoms with Crippen molar-refractivity contribution in [2.24, 2.45) is 5.92 Å². The molecule has 90 valence electrons. The zero-order valence-corrected chi connectivity index (χ0v) is 16.4. The summed E-state index contributed by atoms with van der Waals surface area (Å²) in [6.07, 6.45) is 4.99. The molecule has 1 N–H and O–H groups in total. The van der Waals surface area contributed by atoms with Gasteiger partial charge < -0.3 is 15.0 Å². The number of carboxylic acid groups (broad SMARTS) is 1. The molecule has 0 aliphatic heterocycles. The maximum absolute atomic E-state index is 9.78. The van der Waals surface area contributed by atoms with Gasteiger partial charge in [-0.15, -0.1) is 0 Å². The van der Waals surface area contributed by atoms with Crippen LogP contribution in [0, 0.1) is 11.8 Å². The number of hydrogen-bond acceptors (Lipinski definition) is 3. The second-order valence-electron chi connectivity index (χ2n) is 4.72. The fraction of sp³-hybridized carbons (Fsp3) is 0.833. The van der Waals surface area contributed by atoms with Crippen LogP contribution in [0.2, 0.25) is 0 Å². The van der Waals surface area contributed by atoms with Crippen LogP contribution in [0.1, 0.15) is 53.4 Å². The van der Waals surface area contributed by atoms with E-state index >= 15 is 0 Å². The molecule has 1 aliphatic rings. The summed E-state index contributed by atoms with van der Waals surface area (Å²) in [5.41, 5.74) is -0.542. The van der Waals surface area contributed by atoms with Crippen LogP contribution < -0.4 is 5.11 Å². The van der Waals surface area contributed by atoms with E-state index in [0.717, 1.165) is 13.3 Å². The first-order chi connectivity index (χ1) is 6.75. The fourth-order valence-electron chi connectivity index (χ4n) is 2.10. The molecule has 0 spiro atoms. The summed E-state index contributed by atoms with van der Waals surface area (Å²) in [6.45, 7) is 7.01. The smallest absolute Gasteiger partial charge is 0.550 e. The number of aliphatic hydroxyl groups is 1. The molecule has 0 aromatic rings. The van der Waals surface area contributed by atoms with Crippen molar-refractivity contribution in [3.63, 3.8) is 0 Å². The molecule has 1 rings (SSSR count). The minimum absolute atomic E-state index is 0. The summed E-state index contributed by atoms with van der Waals surface area (Å²) >= 11 is 0. The Hall–Kier alpha value is 0.365. The largest absolute Gasteiger partial charge is 1.00 e. The van der Waals surface area contributed by atoms with Crippen molar-refractivity contribution in [1.29, 1.82) is 0 Å². The molecule has 1 saturated carbocycles. The number of carboxylic acids is 1. The molecular weight excluding hydrogens is 393 g/mol. The maximum atomic E-state index is 9.78. The average Bonchev–Trinajstić information content (AvgIpc) is 2.01. The molecule has 0 bridgehead atoms. The Morgan fingerprint density at radius 3 is 2.12 bits per heavy atom. The first-order valence-corrected chi connectivity index (χ1v) is 5.51. The normalized spacial score (nSPS) is 21.4. The number of carbonyl (C=O) groups is 1. The summed E-state index contributed by atoms with van der Waals surface area (Å²) in [4.78, 5) is 8.89. The van der Waals surface area contributed by atoms with Crippen LogP contribution in [-0.4, -0.2) is 16.7 Å². The number of aliphatic carboxylic acids is 1. The predicted molar refractivity (Wildman–Crippen MR) is 57.9 cm³/mol. The molecule has 1 atom stereocenters. The van der Waals surface area contributed by atoms with Gasteiger partial charge in [-0.3, -0.25) is 0 Å². The molecule has 0 amide bonds. The predicted octanol–water partition coefficient (Wildman–Crippen LogP) is 1.30. The van der Waals surface area contributed by atoms with Gasteiger partial charge in [0, 0.05) is 11.9 Å². The van der Waals surface area contributed by atoms with Crippen LogP contribution in [0.25, 0.3) is 0 Å². The third-order valence-corrected chi connectivity index (χ3v) is 2.71. The SMILES string of the molecule is CC(=O)[O-].C[C@@H]1CCCC[C]1C(C)(C)O.[Hg+]. The van der Waals surface area contributed by atoms with Crippen molar-refractivity contribution in [1.82, 2.24) is 0 Å². The Balaban J connectivity index is 0. The number of rotatable bonds is 1. The van der Waals surface area contributed by atoms with Crippen molar-refractivity contribution in [3.8, 4) is 0 Å². The van der Waals surface area contributed by atoms with Gasteiger partial charge in [0.1, 0.15) is 0 Å². The van der Waals surface area contributed by atoms with E-state index in [4.69, 9.17) is 9.90 Å². The van der Waals surface area contributed by atoms with Gasteiger partial charge in [-0.05, 0) is 33.1 Å². The summed E-state index contributed by atoms with van der Waals surface area (Å²) in [6, 6.07) is 0. The Morgan fingerprint density at radius 1 is 1.44 bits per heavy atom. The average molecular weight is 415 g/mol. The molecule has 0 aromatic carbocycles. The molecule has 0 heterocycles. The molecule has 3 nitrogen and oxygen atoms in total. The molecule has 4 heteroatoms. The van der Waals surface area contributed by atoms with Gasteiger partial charge in [-0.1, -0.05) is 26.2 Å². The summed E-state index contributed by atoms with van der Waals surface area (Å²) in [5.74, 6) is 0.896. The summed E-state index contributed by atoms with van der Waals surface area (Å²) in [7, 11) is 0. The van der Waals surface area contributed by atoms with E-state index in [2.05, 4.69) is 6.92 Å². The molecule has 16 heavy (non-hydrogen) atoms. The van der Waals surface area contributed by atoms with E-state index < -0.39 is 11.6 Å². The van der Waals surface area contributed by atoms with Crippen molar-refractivity contribution < 1.29 is 42.7 Å². The van der Waals surface area contributed by atoms with Crippen LogP contribution in [0.4, 0.5) is 0 Å². The molecule has 1 fully saturated rings. The van der Waals surface area contributed by atoms with Gasteiger partial charge in [-0.2, -0.15) is 0 Å². The number of hydrogen-bond donors (Lipinski definition) is 1. The van der Waals surface area contributed by atoms with Gasteiger partial charge in [0.2, 0.25) is 0 Å². The topological polar surface area (TPSA) is 60.4 Å². The Labute approximate surface area is 119 Å².